The minimum Gasteiger partial charge on any atom is -0.496 e. The minimum absolute atomic E-state index is 0.0103. The van der Waals surface area contributed by atoms with E-state index < -0.39 is 14.9 Å². The van der Waals surface area contributed by atoms with Crippen molar-refractivity contribution < 1.29 is 18.1 Å². The molecule has 0 N–H and O–H groups in total. The van der Waals surface area contributed by atoms with Gasteiger partial charge in [0.05, 0.1) is 16.9 Å². The van der Waals surface area contributed by atoms with Gasteiger partial charge in [0.1, 0.15) is 5.75 Å². The van der Waals surface area contributed by atoms with Gasteiger partial charge in [0.2, 0.25) is 10.0 Å². The topological polar surface area (TPSA) is 93.0 Å². The van der Waals surface area contributed by atoms with Crippen molar-refractivity contribution in [2.24, 2.45) is 0 Å². The SMILES string of the molecule is COc1ccc([N+](=O)[O-])cc1CN1CCN(S(=O)(=O)c2ccccc2)CC1. The van der Waals surface area contributed by atoms with Gasteiger partial charge in [-0.05, 0) is 18.2 Å². The van der Waals surface area contributed by atoms with Crippen molar-refractivity contribution in [3.8, 4) is 5.75 Å². The molecule has 3 rings (SSSR count). The number of non-ortho nitro benzene ring substituents is 1. The summed E-state index contributed by atoms with van der Waals surface area (Å²) < 4.78 is 32.1. The van der Waals surface area contributed by atoms with Crippen LogP contribution in [0, 0.1) is 10.1 Å². The van der Waals surface area contributed by atoms with E-state index >= 15 is 0 Å². The molecule has 1 aliphatic heterocycles. The van der Waals surface area contributed by atoms with Crippen molar-refractivity contribution in [1.82, 2.24) is 9.21 Å². The summed E-state index contributed by atoms with van der Waals surface area (Å²) in [4.78, 5) is 12.9. The quantitative estimate of drug-likeness (QED) is 0.553. The first-order valence-corrected chi connectivity index (χ1v) is 9.94. The highest BCUT2D eigenvalue weighted by Gasteiger charge is 2.28. The lowest BCUT2D eigenvalue weighted by Crippen LogP contribution is -2.48. The van der Waals surface area contributed by atoms with Crippen LogP contribution in [-0.2, 0) is 16.6 Å². The molecule has 1 fully saturated rings. The molecule has 0 radical (unpaired) electrons. The van der Waals surface area contributed by atoms with Crippen molar-refractivity contribution >= 4 is 15.7 Å². The molecule has 9 heteroatoms. The predicted octanol–water partition coefficient (Wildman–Crippen LogP) is 2.11. The van der Waals surface area contributed by atoms with Gasteiger partial charge >= 0.3 is 0 Å². The Kier molecular flexibility index (Phi) is 5.73. The number of rotatable bonds is 6. The molecule has 0 unspecified atom stereocenters. The first-order valence-electron chi connectivity index (χ1n) is 8.50. The number of nitro benzene ring substituents is 1. The maximum Gasteiger partial charge on any atom is 0.270 e. The van der Waals surface area contributed by atoms with Gasteiger partial charge in [0.25, 0.3) is 5.69 Å². The third-order valence-electron chi connectivity index (χ3n) is 4.58. The highest BCUT2D eigenvalue weighted by Crippen LogP contribution is 2.26. The molecule has 144 valence electrons. The van der Waals surface area contributed by atoms with Crippen LogP contribution in [0.25, 0.3) is 0 Å². The van der Waals surface area contributed by atoms with Crippen LogP contribution in [0.5, 0.6) is 5.75 Å². The lowest BCUT2D eigenvalue weighted by Gasteiger charge is -2.34. The van der Waals surface area contributed by atoms with Crippen LogP contribution in [0.15, 0.2) is 53.4 Å². The van der Waals surface area contributed by atoms with Crippen molar-refractivity contribution in [1.29, 1.82) is 0 Å². The fraction of sp³-hybridized carbons (Fsp3) is 0.333. The average molecular weight is 391 g/mol. The molecular weight excluding hydrogens is 370 g/mol. The zero-order valence-electron chi connectivity index (χ0n) is 14.9. The van der Waals surface area contributed by atoms with Crippen LogP contribution in [-0.4, -0.2) is 55.8 Å². The lowest BCUT2D eigenvalue weighted by molar-refractivity contribution is -0.385. The molecule has 0 bridgehead atoms. The molecule has 27 heavy (non-hydrogen) atoms. The Morgan fingerprint density at radius 3 is 2.33 bits per heavy atom. The van der Waals surface area contributed by atoms with Crippen LogP contribution in [0.4, 0.5) is 5.69 Å². The number of sulfonamides is 1. The number of hydrogen-bond acceptors (Lipinski definition) is 6. The number of piperazine rings is 1. The number of nitrogens with zero attached hydrogens (tertiary/aromatic N) is 3. The Morgan fingerprint density at radius 1 is 1.07 bits per heavy atom. The summed E-state index contributed by atoms with van der Waals surface area (Å²) in [6.07, 6.45) is 0. The van der Waals surface area contributed by atoms with Gasteiger partial charge in [0.15, 0.2) is 0 Å². The van der Waals surface area contributed by atoms with E-state index in [4.69, 9.17) is 4.74 Å². The summed E-state index contributed by atoms with van der Waals surface area (Å²) in [5.41, 5.74) is 0.724. The fourth-order valence-corrected chi connectivity index (χ4v) is 4.56. The van der Waals surface area contributed by atoms with E-state index in [0.717, 1.165) is 0 Å². The van der Waals surface area contributed by atoms with Crippen molar-refractivity contribution in [3.63, 3.8) is 0 Å². The van der Waals surface area contributed by atoms with E-state index in [2.05, 4.69) is 4.90 Å². The zero-order chi connectivity index (χ0) is 19.4. The number of benzene rings is 2. The largest absolute Gasteiger partial charge is 0.496 e. The highest BCUT2D eigenvalue weighted by atomic mass is 32.2. The maximum atomic E-state index is 12.7. The molecule has 0 aliphatic carbocycles. The standard InChI is InChI=1S/C18H21N3O5S/c1-26-18-8-7-16(21(22)23)13-15(18)14-19-9-11-20(12-10-19)27(24,25)17-5-3-2-4-6-17/h2-8,13H,9-12,14H2,1H3. The van der Waals surface area contributed by atoms with Crippen LogP contribution in [0.2, 0.25) is 0 Å². The van der Waals surface area contributed by atoms with Gasteiger partial charge in [-0.3, -0.25) is 15.0 Å². The Morgan fingerprint density at radius 2 is 1.74 bits per heavy atom. The first kappa shape index (κ1) is 19.3. The van der Waals surface area contributed by atoms with Gasteiger partial charge in [-0.2, -0.15) is 4.31 Å². The van der Waals surface area contributed by atoms with Crippen LogP contribution in [0.3, 0.4) is 0 Å². The predicted molar refractivity (Wildman–Crippen MR) is 100 cm³/mol. The molecule has 0 atom stereocenters. The summed E-state index contributed by atoms with van der Waals surface area (Å²) >= 11 is 0. The van der Waals surface area contributed by atoms with E-state index in [1.807, 2.05) is 0 Å². The molecule has 2 aromatic rings. The van der Waals surface area contributed by atoms with E-state index in [9.17, 15) is 18.5 Å². The Labute approximate surface area is 158 Å². The average Bonchev–Trinajstić information content (AvgIpc) is 2.69. The Bertz CT molecular complexity index is 910. The molecule has 1 heterocycles. The number of methoxy groups -OCH3 is 1. The third kappa shape index (κ3) is 4.26. The summed E-state index contributed by atoms with van der Waals surface area (Å²) in [7, 11) is -1.97. The van der Waals surface area contributed by atoms with Crippen LogP contribution in [0.1, 0.15) is 5.56 Å². The highest BCUT2D eigenvalue weighted by molar-refractivity contribution is 7.89. The van der Waals surface area contributed by atoms with Crippen molar-refractivity contribution in [2.45, 2.75) is 11.4 Å². The second-order valence-electron chi connectivity index (χ2n) is 6.25. The molecule has 0 saturated carbocycles. The van der Waals surface area contributed by atoms with Gasteiger partial charge in [0, 0.05) is 50.4 Å². The van der Waals surface area contributed by atoms with Crippen LogP contribution < -0.4 is 4.74 Å². The summed E-state index contributed by atoms with van der Waals surface area (Å²) in [6.45, 7) is 2.28. The fourth-order valence-electron chi connectivity index (χ4n) is 3.11. The number of nitro groups is 1. The van der Waals surface area contributed by atoms with E-state index in [1.165, 1.54) is 23.5 Å². The molecule has 0 amide bonds. The summed E-state index contributed by atoms with van der Waals surface area (Å²) in [5.74, 6) is 0.583. The van der Waals surface area contributed by atoms with E-state index in [-0.39, 0.29) is 5.69 Å². The van der Waals surface area contributed by atoms with Crippen molar-refractivity contribution in [3.05, 3.63) is 64.2 Å². The maximum absolute atomic E-state index is 12.7. The smallest absolute Gasteiger partial charge is 0.270 e. The van der Waals surface area contributed by atoms with Gasteiger partial charge in [-0.15, -0.1) is 0 Å². The van der Waals surface area contributed by atoms with Gasteiger partial charge in [-0.1, -0.05) is 18.2 Å². The third-order valence-corrected chi connectivity index (χ3v) is 6.49. The first-order chi connectivity index (χ1) is 12.9. The summed E-state index contributed by atoms with van der Waals surface area (Å²) in [6, 6.07) is 12.9. The molecule has 1 saturated heterocycles. The Hall–Kier alpha value is -2.49. The lowest BCUT2D eigenvalue weighted by atomic mass is 10.1. The number of hydrogen-bond donors (Lipinski definition) is 0. The molecule has 8 nitrogen and oxygen atoms in total. The van der Waals surface area contributed by atoms with Crippen molar-refractivity contribution in [2.75, 3.05) is 33.3 Å². The Balaban J connectivity index is 1.68. The zero-order valence-corrected chi connectivity index (χ0v) is 15.8. The normalized spacial score (nSPS) is 16.2. The minimum atomic E-state index is -3.50. The molecule has 0 aromatic heterocycles. The van der Waals surface area contributed by atoms with Gasteiger partial charge < -0.3 is 4.74 Å². The van der Waals surface area contributed by atoms with E-state index in [0.29, 0.717) is 48.9 Å². The molecular formula is C18H21N3O5S. The van der Waals surface area contributed by atoms with E-state index in [1.54, 1.807) is 36.4 Å². The molecule has 1 aliphatic rings. The van der Waals surface area contributed by atoms with Crippen LogP contribution >= 0.6 is 0 Å². The summed E-state index contributed by atoms with van der Waals surface area (Å²) in [5, 5.41) is 11.0. The molecule has 0 spiro atoms. The number of ether oxygens (including phenoxy) is 1. The monoisotopic (exact) mass is 391 g/mol. The molecule has 2 aromatic carbocycles. The second-order valence-corrected chi connectivity index (χ2v) is 8.18. The second kappa shape index (κ2) is 8.03. The van der Waals surface area contributed by atoms with Gasteiger partial charge in [-0.25, -0.2) is 8.42 Å².